The van der Waals surface area contributed by atoms with Crippen LogP contribution in [0.15, 0.2) is 18.3 Å². The molecule has 1 spiro atoms. The highest BCUT2D eigenvalue weighted by Crippen LogP contribution is 2.48. The van der Waals surface area contributed by atoms with Crippen molar-refractivity contribution in [2.24, 2.45) is 5.41 Å². The van der Waals surface area contributed by atoms with Gasteiger partial charge in [0.05, 0.1) is 12.1 Å². The maximum absolute atomic E-state index is 12.5. The summed E-state index contributed by atoms with van der Waals surface area (Å²) in [6.45, 7) is 5.41. The van der Waals surface area contributed by atoms with E-state index in [1.165, 1.54) is 0 Å². The molecule has 0 aromatic carbocycles. The van der Waals surface area contributed by atoms with E-state index in [0.29, 0.717) is 25.3 Å². The first kappa shape index (κ1) is 16.8. The van der Waals surface area contributed by atoms with E-state index in [2.05, 4.69) is 10.2 Å². The Balaban J connectivity index is 1.69. The van der Waals surface area contributed by atoms with Crippen LogP contribution in [-0.2, 0) is 4.79 Å². The fourth-order valence-corrected chi connectivity index (χ4v) is 4.21. The predicted molar refractivity (Wildman–Crippen MR) is 87.1 cm³/mol. The molecule has 0 bridgehead atoms. The van der Waals surface area contributed by atoms with Gasteiger partial charge in [0.2, 0.25) is 5.91 Å². The molecule has 1 atom stereocenters. The molecule has 2 aliphatic rings. The number of amides is 2. The summed E-state index contributed by atoms with van der Waals surface area (Å²) in [7, 11) is 0. The van der Waals surface area contributed by atoms with Crippen molar-refractivity contribution < 1.29 is 14.7 Å². The molecule has 3 heterocycles. The third-order valence-electron chi connectivity index (χ3n) is 5.52. The molecular weight excluding hydrogens is 308 g/mol. The molecule has 0 saturated carbocycles. The normalized spacial score (nSPS) is 26.0. The third-order valence-corrected chi connectivity index (χ3v) is 5.52. The molecule has 2 amide bonds. The molecule has 1 aromatic rings. The number of carbonyl (C=O) groups excluding carboxylic acids is 2. The van der Waals surface area contributed by atoms with Crippen LogP contribution in [0.4, 0.5) is 0 Å². The Labute approximate surface area is 141 Å². The van der Waals surface area contributed by atoms with E-state index in [9.17, 15) is 14.7 Å². The van der Waals surface area contributed by atoms with Gasteiger partial charge in [0.25, 0.3) is 5.91 Å². The lowest BCUT2D eigenvalue weighted by molar-refractivity contribution is -0.134. The summed E-state index contributed by atoms with van der Waals surface area (Å²) in [5, 5.41) is 17.4. The summed E-state index contributed by atoms with van der Waals surface area (Å²) in [6, 6.07) is 3.38. The van der Waals surface area contributed by atoms with Crippen molar-refractivity contribution in [3.63, 3.8) is 0 Å². The number of aliphatic hydroxyl groups is 1. The molecule has 7 heteroatoms. The van der Waals surface area contributed by atoms with Gasteiger partial charge in [-0.3, -0.25) is 9.59 Å². The third kappa shape index (κ3) is 2.88. The number of nitrogens with zero attached hydrogens (tertiary/aromatic N) is 4. The van der Waals surface area contributed by atoms with Crippen molar-refractivity contribution in [3.8, 4) is 0 Å². The van der Waals surface area contributed by atoms with Gasteiger partial charge in [-0.15, -0.1) is 5.10 Å². The van der Waals surface area contributed by atoms with E-state index < -0.39 is 5.54 Å². The average molecular weight is 332 g/mol. The van der Waals surface area contributed by atoms with Crippen LogP contribution >= 0.6 is 0 Å². The van der Waals surface area contributed by atoms with Crippen LogP contribution in [0.1, 0.15) is 43.6 Å². The van der Waals surface area contributed by atoms with Gasteiger partial charge in [0.15, 0.2) is 5.69 Å². The Kier molecular flexibility index (Phi) is 4.29. The second-order valence-corrected chi connectivity index (χ2v) is 7.34. The first-order valence-corrected chi connectivity index (χ1v) is 8.35. The molecular formula is C17H24N4O3. The van der Waals surface area contributed by atoms with Gasteiger partial charge in [-0.05, 0) is 43.7 Å². The van der Waals surface area contributed by atoms with E-state index in [1.54, 1.807) is 30.2 Å². The van der Waals surface area contributed by atoms with E-state index in [1.807, 2.05) is 11.8 Å². The summed E-state index contributed by atoms with van der Waals surface area (Å²) in [5.74, 6) is -0.0919. The molecule has 3 rings (SSSR count). The van der Waals surface area contributed by atoms with E-state index >= 15 is 0 Å². The van der Waals surface area contributed by atoms with Gasteiger partial charge in [-0.1, -0.05) is 0 Å². The Morgan fingerprint density at radius 1 is 1.33 bits per heavy atom. The zero-order valence-corrected chi connectivity index (χ0v) is 14.2. The fraction of sp³-hybridized carbons (Fsp3) is 0.647. The van der Waals surface area contributed by atoms with Gasteiger partial charge >= 0.3 is 0 Å². The second kappa shape index (κ2) is 6.12. The monoisotopic (exact) mass is 332 g/mol. The molecule has 0 radical (unpaired) electrons. The van der Waals surface area contributed by atoms with Crippen molar-refractivity contribution in [2.75, 3.05) is 26.2 Å². The minimum Gasteiger partial charge on any atom is -0.394 e. The molecule has 0 aliphatic carbocycles. The minimum atomic E-state index is -0.497. The Hall–Kier alpha value is -2.02. The van der Waals surface area contributed by atoms with E-state index in [4.69, 9.17) is 0 Å². The molecule has 130 valence electrons. The predicted octanol–water partition coefficient (Wildman–Crippen LogP) is 0.702. The molecule has 24 heavy (non-hydrogen) atoms. The number of hydrogen-bond acceptors (Lipinski definition) is 5. The number of likely N-dealkylation sites (tertiary alicyclic amines) is 2. The lowest BCUT2D eigenvalue weighted by atomic mass is 9.74. The van der Waals surface area contributed by atoms with Gasteiger partial charge < -0.3 is 14.9 Å². The summed E-state index contributed by atoms with van der Waals surface area (Å²) in [4.78, 5) is 28.0. The van der Waals surface area contributed by atoms with E-state index in [0.717, 1.165) is 19.3 Å². The van der Waals surface area contributed by atoms with Gasteiger partial charge in [-0.2, -0.15) is 5.10 Å². The number of carbonyl (C=O) groups is 2. The summed E-state index contributed by atoms with van der Waals surface area (Å²) in [5.41, 5.74) is -0.143. The van der Waals surface area contributed by atoms with Gasteiger partial charge in [0.1, 0.15) is 0 Å². The average Bonchev–Trinajstić information content (AvgIpc) is 2.89. The second-order valence-electron chi connectivity index (χ2n) is 7.34. The first-order valence-electron chi connectivity index (χ1n) is 8.35. The van der Waals surface area contributed by atoms with E-state index in [-0.39, 0.29) is 23.8 Å². The topological polar surface area (TPSA) is 86.6 Å². The zero-order chi connectivity index (χ0) is 17.4. The SMILES string of the molecule is CC(=O)N1CC2(CCN(C(=O)c3cccnn3)CC2)C[C@@]1(C)CO. The standard InChI is InChI=1S/C17H24N4O3/c1-13(23)21-11-17(10-16(21,2)12-22)5-8-20(9-6-17)15(24)14-4-3-7-18-19-14/h3-4,7,22H,5-6,8-12H2,1-2H3/t16-/m0/s1. The van der Waals surface area contributed by atoms with Crippen LogP contribution in [-0.4, -0.2) is 68.7 Å². The Morgan fingerprint density at radius 2 is 2.04 bits per heavy atom. The quantitative estimate of drug-likeness (QED) is 0.861. The highest BCUT2D eigenvalue weighted by atomic mass is 16.3. The van der Waals surface area contributed by atoms with Gasteiger partial charge in [-0.25, -0.2) is 0 Å². The fourth-order valence-electron chi connectivity index (χ4n) is 4.21. The maximum atomic E-state index is 12.5. The number of rotatable bonds is 2. The Morgan fingerprint density at radius 3 is 2.54 bits per heavy atom. The van der Waals surface area contributed by atoms with Crippen LogP contribution in [0.5, 0.6) is 0 Å². The number of hydrogen-bond donors (Lipinski definition) is 1. The van der Waals surface area contributed by atoms with Crippen molar-refractivity contribution in [1.29, 1.82) is 0 Å². The maximum Gasteiger partial charge on any atom is 0.274 e. The first-order chi connectivity index (χ1) is 11.4. The number of aliphatic hydroxyl groups excluding tert-OH is 1. The van der Waals surface area contributed by atoms with Crippen LogP contribution < -0.4 is 0 Å². The lowest BCUT2D eigenvalue weighted by Crippen LogP contribution is -2.46. The van der Waals surface area contributed by atoms with Crippen LogP contribution in [0.3, 0.4) is 0 Å². The molecule has 2 aliphatic heterocycles. The van der Waals surface area contributed by atoms with Crippen molar-refractivity contribution in [2.45, 2.75) is 38.6 Å². The minimum absolute atomic E-state index is 0.00138. The summed E-state index contributed by atoms with van der Waals surface area (Å²) in [6.07, 6.45) is 3.99. The largest absolute Gasteiger partial charge is 0.394 e. The summed E-state index contributed by atoms with van der Waals surface area (Å²) >= 11 is 0. The molecule has 1 N–H and O–H groups in total. The van der Waals surface area contributed by atoms with Crippen LogP contribution in [0.2, 0.25) is 0 Å². The van der Waals surface area contributed by atoms with Crippen molar-refractivity contribution >= 4 is 11.8 Å². The number of piperidine rings is 1. The number of aromatic nitrogens is 2. The summed E-state index contributed by atoms with van der Waals surface area (Å²) < 4.78 is 0. The highest BCUT2D eigenvalue weighted by Gasteiger charge is 2.52. The molecule has 2 fully saturated rings. The molecule has 2 saturated heterocycles. The zero-order valence-electron chi connectivity index (χ0n) is 14.2. The highest BCUT2D eigenvalue weighted by molar-refractivity contribution is 5.92. The van der Waals surface area contributed by atoms with Gasteiger partial charge in [0, 0.05) is 32.8 Å². The van der Waals surface area contributed by atoms with Crippen LogP contribution in [0, 0.1) is 5.41 Å². The molecule has 1 aromatic heterocycles. The molecule has 0 unspecified atom stereocenters. The molecule has 7 nitrogen and oxygen atoms in total. The van der Waals surface area contributed by atoms with Crippen LogP contribution in [0.25, 0.3) is 0 Å². The lowest BCUT2D eigenvalue weighted by Gasteiger charge is -2.39. The van der Waals surface area contributed by atoms with Crippen molar-refractivity contribution in [1.82, 2.24) is 20.0 Å². The smallest absolute Gasteiger partial charge is 0.274 e. The van der Waals surface area contributed by atoms with Crippen molar-refractivity contribution in [3.05, 3.63) is 24.0 Å². The Bertz CT molecular complexity index is 628.